The number of thioether (sulfide) groups is 1. The van der Waals surface area contributed by atoms with Crippen LogP contribution in [-0.2, 0) is 19.2 Å². The van der Waals surface area contributed by atoms with E-state index in [-0.39, 0.29) is 18.3 Å². The molecule has 150 valence electrons. The van der Waals surface area contributed by atoms with Crippen LogP contribution in [0.5, 0.6) is 5.75 Å². The van der Waals surface area contributed by atoms with Crippen LogP contribution in [-0.4, -0.2) is 48.2 Å². The van der Waals surface area contributed by atoms with Crippen molar-refractivity contribution in [3.05, 3.63) is 59.7 Å². The van der Waals surface area contributed by atoms with Crippen molar-refractivity contribution in [3.63, 3.8) is 0 Å². The standard InChI is InChI=1S/C21H20N2O5S/c1-3-28-19(25)17-12-29-21(15-6-4-5-7-16(15)22-20(21)26)23(17)18(24)13-8-10-14(27-2)11-9-13/h4-11,17H,3,12H2,1-2H3,(H,22,26). The number of hydrogen-bond acceptors (Lipinski definition) is 6. The SMILES string of the molecule is CCOC(=O)C1CSC2(C(=O)Nc3ccccc32)N1C(=O)c1ccc(OC)cc1. The maximum atomic E-state index is 13.6. The highest BCUT2D eigenvalue weighted by molar-refractivity contribution is 8.01. The van der Waals surface area contributed by atoms with Crippen molar-refractivity contribution in [3.8, 4) is 5.75 Å². The number of carbonyl (C=O) groups excluding carboxylic acids is 3. The number of anilines is 1. The molecule has 0 saturated carbocycles. The van der Waals surface area contributed by atoms with Crippen molar-refractivity contribution in [1.82, 2.24) is 4.90 Å². The lowest BCUT2D eigenvalue weighted by Crippen LogP contribution is -2.54. The number of rotatable bonds is 4. The first kappa shape index (κ1) is 19.3. The molecule has 8 heteroatoms. The van der Waals surface area contributed by atoms with Crippen molar-refractivity contribution in [2.45, 2.75) is 17.8 Å². The second-order valence-corrected chi connectivity index (χ2v) is 7.84. The van der Waals surface area contributed by atoms with E-state index in [0.29, 0.717) is 22.6 Å². The van der Waals surface area contributed by atoms with Gasteiger partial charge in [-0.2, -0.15) is 0 Å². The molecule has 1 saturated heterocycles. The molecule has 1 fully saturated rings. The molecule has 1 N–H and O–H groups in total. The Bertz CT molecular complexity index is 977. The summed E-state index contributed by atoms with van der Waals surface area (Å²) in [7, 11) is 1.54. The lowest BCUT2D eigenvalue weighted by molar-refractivity contribution is -0.148. The summed E-state index contributed by atoms with van der Waals surface area (Å²) in [6.45, 7) is 1.91. The smallest absolute Gasteiger partial charge is 0.329 e. The number of fused-ring (bicyclic) bond motifs is 2. The van der Waals surface area contributed by atoms with Gasteiger partial charge in [0.25, 0.3) is 11.8 Å². The number of benzene rings is 2. The second kappa shape index (κ2) is 7.44. The number of para-hydroxylation sites is 1. The predicted octanol–water partition coefficient (Wildman–Crippen LogP) is 2.62. The van der Waals surface area contributed by atoms with E-state index in [1.165, 1.54) is 16.7 Å². The van der Waals surface area contributed by atoms with Gasteiger partial charge in [-0.15, -0.1) is 11.8 Å². The number of nitrogens with one attached hydrogen (secondary N) is 1. The fraction of sp³-hybridized carbons (Fsp3) is 0.286. The molecule has 0 aliphatic carbocycles. The average Bonchev–Trinajstić information content (AvgIpc) is 3.27. The molecule has 2 aromatic rings. The number of esters is 1. The summed E-state index contributed by atoms with van der Waals surface area (Å²) in [4.78, 5) is 39.4. The Morgan fingerprint density at radius 2 is 1.93 bits per heavy atom. The fourth-order valence-electron chi connectivity index (χ4n) is 3.73. The van der Waals surface area contributed by atoms with E-state index in [1.807, 2.05) is 18.2 Å². The van der Waals surface area contributed by atoms with Gasteiger partial charge in [0.2, 0.25) is 0 Å². The molecule has 4 rings (SSSR count). The zero-order valence-electron chi connectivity index (χ0n) is 16.0. The zero-order chi connectivity index (χ0) is 20.6. The minimum absolute atomic E-state index is 0.195. The van der Waals surface area contributed by atoms with Crippen LogP contribution in [0.2, 0.25) is 0 Å². The first-order valence-corrected chi connectivity index (χ1v) is 10.2. The topological polar surface area (TPSA) is 84.9 Å². The molecule has 7 nitrogen and oxygen atoms in total. The Labute approximate surface area is 172 Å². The number of nitrogens with zero attached hydrogens (tertiary/aromatic N) is 1. The summed E-state index contributed by atoms with van der Waals surface area (Å²) >= 11 is 1.27. The van der Waals surface area contributed by atoms with Gasteiger partial charge in [-0.05, 0) is 37.3 Å². The largest absolute Gasteiger partial charge is 0.497 e. The lowest BCUT2D eigenvalue weighted by Gasteiger charge is -2.35. The Hall–Kier alpha value is -3.00. The van der Waals surface area contributed by atoms with Gasteiger partial charge >= 0.3 is 5.97 Å². The van der Waals surface area contributed by atoms with E-state index in [0.717, 1.165) is 0 Å². The van der Waals surface area contributed by atoms with Gasteiger partial charge in [0.05, 0.1) is 13.7 Å². The predicted molar refractivity (Wildman–Crippen MR) is 109 cm³/mol. The fourth-order valence-corrected chi connectivity index (χ4v) is 5.28. The van der Waals surface area contributed by atoms with E-state index in [1.54, 1.807) is 44.4 Å². The molecule has 2 aliphatic rings. The molecular weight excluding hydrogens is 392 g/mol. The molecular formula is C21H20N2O5S. The quantitative estimate of drug-likeness (QED) is 0.777. The zero-order valence-corrected chi connectivity index (χ0v) is 16.8. The molecule has 29 heavy (non-hydrogen) atoms. The van der Waals surface area contributed by atoms with Crippen LogP contribution < -0.4 is 10.1 Å². The molecule has 2 aliphatic heterocycles. The van der Waals surface area contributed by atoms with Crippen molar-refractivity contribution in [1.29, 1.82) is 0 Å². The van der Waals surface area contributed by atoms with Crippen LogP contribution in [0, 0.1) is 0 Å². The Balaban J connectivity index is 1.82. The normalized spacial score (nSPS) is 22.3. The average molecular weight is 412 g/mol. The second-order valence-electron chi connectivity index (χ2n) is 6.63. The Morgan fingerprint density at radius 3 is 2.62 bits per heavy atom. The number of ether oxygens (including phenoxy) is 2. The summed E-state index contributed by atoms with van der Waals surface area (Å²) in [5.41, 5.74) is 1.67. The van der Waals surface area contributed by atoms with Gasteiger partial charge < -0.3 is 14.8 Å². The number of methoxy groups -OCH3 is 1. The van der Waals surface area contributed by atoms with Gasteiger partial charge in [-0.3, -0.25) is 14.5 Å². The van der Waals surface area contributed by atoms with Crippen molar-refractivity contribution >= 4 is 35.2 Å². The molecule has 2 aromatic carbocycles. The van der Waals surface area contributed by atoms with Gasteiger partial charge in [-0.1, -0.05) is 18.2 Å². The molecule has 1 spiro atoms. The maximum Gasteiger partial charge on any atom is 0.329 e. The van der Waals surface area contributed by atoms with E-state index in [4.69, 9.17) is 9.47 Å². The van der Waals surface area contributed by atoms with Crippen molar-refractivity contribution in [2.75, 3.05) is 24.8 Å². The van der Waals surface area contributed by atoms with Crippen LogP contribution in [0.4, 0.5) is 5.69 Å². The molecule has 2 unspecified atom stereocenters. The molecule has 2 heterocycles. The number of hydrogen-bond donors (Lipinski definition) is 1. The van der Waals surface area contributed by atoms with Crippen LogP contribution in [0.3, 0.4) is 0 Å². The lowest BCUT2D eigenvalue weighted by atomic mass is 10.0. The van der Waals surface area contributed by atoms with E-state index in [9.17, 15) is 14.4 Å². The third kappa shape index (κ3) is 2.95. The molecule has 0 radical (unpaired) electrons. The maximum absolute atomic E-state index is 13.6. The van der Waals surface area contributed by atoms with Crippen LogP contribution in [0.25, 0.3) is 0 Å². The number of amides is 2. The minimum Gasteiger partial charge on any atom is -0.497 e. The summed E-state index contributed by atoms with van der Waals surface area (Å²) < 4.78 is 10.4. The van der Waals surface area contributed by atoms with Gasteiger partial charge in [0, 0.05) is 22.6 Å². The van der Waals surface area contributed by atoms with E-state index >= 15 is 0 Å². The number of carbonyl (C=O) groups is 3. The van der Waals surface area contributed by atoms with Crippen LogP contribution in [0.15, 0.2) is 48.5 Å². The monoisotopic (exact) mass is 412 g/mol. The van der Waals surface area contributed by atoms with Gasteiger partial charge in [0.15, 0.2) is 4.87 Å². The first-order chi connectivity index (χ1) is 14.0. The minimum atomic E-state index is -1.31. The summed E-state index contributed by atoms with van der Waals surface area (Å²) in [6, 6.07) is 12.9. The van der Waals surface area contributed by atoms with Gasteiger partial charge in [-0.25, -0.2) is 4.79 Å². The summed E-state index contributed by atoms with van der Waals surface area (Å²) in [5, 5.41) is 2.85. The Morgan fingerprint density at radius 1 is 1.21 bits per heavy atom. The third-order valence-electron chi connectivity index (χ3n) is 5.06. The van der Waals surface area contributed by atoms with Crippen LogP contribution in [0.1, 0.15) is 22.8 Å². The summed E-state index contributed by atoms with van der Waals surface area (Å²) in [6.07, 6.45) is 0. The highest BCUT2D eigenvalue weighted by Gasteiger charge is 2.61. The molecule has 2 atom stereocenters. The molecule has 0 aromatic heterocycles. The molecule has 2 amide bonds. The summed E-state index contributed by atoms with van der Waals surface area (Å²) in [5.74, 6) is -0.392. The third-order valence-corrected chi connectivity index (χ3v) is 6.57. The van der Waals surface area contributed by atoms with Gasteiger partial charge in [0.1, 0.15) is 11.8 Å². The van der Waals surface area contributed by atoms with E-state index < -0.39 is 22.8 Å². The van der Waals surface area contributed by atoms with Crippen LogP contribution >= 0.6 is 11.8 Å². The highest BCUT2D eigenvalue weighted by atomic mass is 32.2. The Kier molecular flexibility index (Phi) is 4.96. The van der Waals surface area contributed by atoms with E-state index in [2.05, 4.69) is 5.32 Å². The first-order valence-electron chi connectivity index (χ1n) is 9.22. The van der Waals surface area contributed by atoms with Crippen molar-refractivity contribution in [2.24, 2.45) is 0 Å². The molecule has 0 bridgehead atoms. The van der Waals surface area contributed by atoms with Crippen molar-refractivity contribution < 1.29 is 23.9 Å². The highest BCUT2D eigenvalue weighted by Crippen LogP contribution is 2.54.